The van der Waals surface area contributed by atoms with Gasteiger partial charge in [-0.05, 0) is 20.8 Å². The molecule has 0 aromatic heterocycles. The number of ether oxygens (including phenoxy) is 1. The van der Waals surface area contributed by atoms with E-state index in [4.69, 9.17) is 4.74 Å². The minimum Gasteiger partial charge on any atom is -0.458 e. The van der Waals surface area contributed by atoms with Crippen molar-refractivity contribution in [3.63, 3.8) is 0 Å². The highest BCUT2D eigenvalue weighted by Gasteiger charge is 2.49. The maximum absolute atomic E-state index is 12.6. The van der Waals surface area contributed by atoms with E-state index in [0.29, 0.717) is 9.80 Å². The van der Waals surface area contributed by atoms with E-state index in [0.717, 1.165) is 0 Å². The number of amides is 6. The molecule has 11 nitrogen and oxygen atoms in total. The molecule has 6 amide bonds. The van der Waals surface area contributed by atoms with Crippen molar-refractivity contribution in [1.82, 2.24) is 9.80 Å². The zero-order chi connectivity index (χ0) is 22.1. The van der Waals surface area contributed by atoms with Gasteiger partial charge in [-0.15, -0.1) is 0 Å². The molecular formula is C18H22N2O9. The number of rotatable bonds is 5. The first-order valence-electron chi connectivity index (χ1n) is 8.98. The maximum atomic E-state index is 12.6. The van der Waals surface area contributed by atoms with Crippen molar-refractivity contribution in [1.29, 1.82) is 0 Å². The lowest BCUT2D eigenvalue weighted by Gasteiger charge is -2.30. The van der Waals surface area contributed by atoms with Gasteiger partial charge in [0, 0.05) is 25.7 Å². The van der Waals surface area contributed by atoms with Crippen molar-refractivity contribution in [3.8, 4) is 0 Å². The summed E-state index contributed by atoms with van der Waals surface area (Å²) in [6, 6.07) is 0. The summed E-state index contributed by atoms with van der Waals surface area (Å²) in [7, 11) is 0. The Kier molecular flexibility index (Phi) is 6.02. The van der Waals surface area contributed by atoms with Crippen LogP contribution < -0.4 is 0 Å². The molecule has 0 bridgehead atoms. The van der Waals surface area contributed by atoms with Crippen molar-refractivity contribution in [2.24, 2.45) is 0 Å². The largest absolute Gasteiger partial charge is 0.458 e. The molecule has 0 aliphatic carbocycles. The predicted molar refractivity (Wildman–Crippen MR) is 92.2 cm³/mol. The Balaban J connectivity index is 2.29. The van der Waals surface area contributed by atoms with Gasteiger partial charge in [0.05, 0.1) is 12.8 Å². The normalized spacial score (nSPS) is 17.9. The first-order chi connectivity index (χ1) is 13.2. The molecule has 0 spiro atoms. The summed E-state index contributed by atoms with van der Waals surface area (Å²) in [5.74, 6) is -6.88. The fourth-order valence-electron chi connectivity index (χ4n) is 2.95. The monoisotopic (exact) mass is 410 g/mol. The highest BCUT2D eigenvalue weighted by Crippen LogP contribution is 2.26. The van der Waals surface area contributed by atoms with Crippen molar-refractivity contribution >= 4 is 41.4 Å². The number of carbonyl (C=O) groups is 7. The molecule has 2 heterocycles. The molecule has 0 aromatic rings. The van der Waals surface area contributed by atoms with Crippen LogP contribution in [0.15, 0.2) is 0 Å². The van der Waals surface area contributed by atoms with E-state index < -0.39 is 65.5 Å². The molecule has 2 rings (SSSR count). The van der Waals surface area contributed by atoms with Gasteiger partial charge < -0.3 is 9.84 Å². The third kappa shape index (κ3) is 4.91. The summed E-state index contributed by atoms with van der Waals surface area (Å²) in [6.07, 6.45) is -2.98. The summed E-state index contributed by atoms with van der Waals surface area (Å²) in [4.78, 5) is 85.1. The van der Waals surface area contributed by atoms with Crippen molar-refractivity contribution < 1.29 is 43.4 Å². The zero-order valence-electron chi connectivity index (χ0n) is 16.4. The lowest BCUT2D eigenvalue weighted by atomic mass is 9.93. The molecule has 0 saturated carbocycles. The van der Waals surface area contributed by atoms with Crippen molar-refractivity contribution in [3.05, 3.63) is 0 Å². The molecule has 2 aliphatic heterocycles. The predicted octanol–water partition coefficient (Wildman–Crippen LogP) is -0.809. The quantitative estimate of drug-likeness (QED) is 0.452. The van der Waals surface area contributed by atoms with Crippen LogP contribution in [0, 0.1) is 0 Å². The first kappa shape index (κ1) is 22.3. The van der Waals surface area contributed by atoms with Gasteiger partial charge in [-0.25, -0.2) is 14.6 Å². The van der Waals surface area contributed by atoms with Crippen molar-refractivity contribution in [2.75, 3.05) is 0 Å². The first-order valence-corrected chi connectivity index (χ1v) is 8.98. The zero-order valence-corrected chi connectivity index (χ0v) is 16.4. The van der Waals surface area contributed by atoms with Gasteiger partial charge in [0.1, 0.15) is 5.60 Å². The molecule has 0 unspecified atom stereocenters. The van der Waals surface area contributed by atoms with Crippen LogP contribution in [0.2, 0.25) is 0 Å². The second-order valence-corrected chi connectivity index (χ2v) is 7.92. The molecule has 0 aromatic carbocycles. The number of likely N-dealkylation sites (tertiary alicyclic amines) is 2. The number of hydrogen-bond donors (Lipinski definition) is 1. The van der Waals surface area contributed by atoms with E-state index >= 15 is 0 Å². The Morgan fingerprint density at radius 2 is 1.10 bits per heavy atom. The molecule has 158 valence electrons. The number of carbonyl (C=O) groups excluding carboxylic acids is 7. The van der Waals surface area contributed by atoms with Crippen LogP contribution in [-0.2, 0) is 38.3 Å². The summed E-state index contributed by atoms with van der Waals surface area (Å²) < 4.78 is 5.07. The van der Waals surface area contributed by atoms with E-state index in [1.165, 1.54) is 20.8 Å². The Hall–Kier alpha value is -2.95. The van der Waals surface area contributed by atoms with Crippen LogP contribution >= 0.6 is 0 Å². The highest BCUT2D eigenvalue weighted by atomic mass is 16.6. The Bertz CT molecular complexity index is 727. The number of nitrogens with zero attached hydrogens (tertiary/aromatic N) is 2. The second-order valence-electron chi connectivity index (χ2n) is 7.92. The van der Waals surface area contributed by atoms with Crippen LogP contribution in [0.25, 0.3) is 0 Å². The highest BCUT2D eigenvalue weighted by molar-refractivity contribution is 6.17. The van der Waals surface area contributed by atoms with Gasteiger partial charge in [-0.3, -0.25) is 28.8 Å². The molecule has 2 aliphatic rings. The van der Waals surface area contributed by atoms with Crippen LogP contribution in [0.1, 0.15) is 59.3 Å². The van der Waals surface area contributed by atoms with Gasteiger partial charge in [0.15, 0.2) is 5.60 Å². The van der Waals surface area contributed by atoms with Gasteiger partial charge in [-0.1, -0.05) is 0 Å². The average molecular weight is 410 g/mol. The van der Waals surface area contributed by atoms with Crippen LogP contribution in [0.3, 0.4) is 0 Å². The second kappa shape index (κ2) is 7.82. The molecule has 1 N–H and O–H groups in total. The fourth-order valence-corrected chi connectivity index (χ4v) is 2.95. The lowest BCUT2D eigenvalue weighted by Crippen LogP contribution is -2.52. The Labute approximate surface area is 165 Å². The lowest BCUT2D eigenvalue weighted by molar-refractivity contribution is -0.183. The van der Waals surface area contributed by atoms with E-state index in [-0.39, 0.29) is 25.7 Å². The van der Waals surface area contributed by atoms with Crippen molar-refractivity contribution in [2.45, 2.75) is 70.5 Å². The third-order valence-electron chi connectivity index (χ3n) is 4.27. The smallest absolute Gasteiger partial charge is 0.339 e. The van der Waals surface area contributed by atoms with E-state index in [9.17, 15) is 38.7 Å². The molecule has 29 heavy (non-hydrogen) atoms. The van der Waals surface area contributed by atoms with Gasteiger partial charge in [0.2, 0.25) is 35.4 Å². The van der Waals surface area contributed by atoms with E-state index in [1.807, 2.05) is 0 Å². The van der Waals surface area contributed by atoms with Gasteiger partial charge in [0.25, 0.3) is 0 Å². The molecule has 0 radical (unpaired) electrons. The number of aliphatic hydroxyl groups is 1. The standard InChI is InChI=1S/C18H22N2O9/c1-17(2,3)29-16(27)18(28,8-14(25)19-10(21)4-5-11(19)22)9-15(26)20-12(23)6-7-13(20)24/h28H,4-9H2,1-3H3. The topological polar surface area (TPSA) is 155 Å². The minimum atomic E-state index is -2.78. The molecule has 0 atom stereocenters. The van der Waals surface area contributed by atoms with Crippen LogP contribution in [0.5, 0.6) is 0 Å². The van der Waals surface area contributed by atoms with E-state index in [2.05, 4.69) is 0 Å². The average Bonchev–Trinajstić information content (AvgIpc) is 3.07. The number of esters is 1. The Morgan fingerprint density at radius 3 is 1.38 bits per heavy atom. The molecule has 2 fully saturated rings. The summed E-state index contributed by atoms with van der Waals surface area (Å²) in [5.41, 5.74) is -3.89. The number of hydrogen-bond acceptors (Lipinski definition) is 9. The summed E-state index contributed by atoms with van der Waals surface area (Å²) >= 11 is 0. The molecular weight excluding hydrogens is 388 g/mol. The van der Waals surface area contributed by atoms with Gasteiger partial charge >= 0.3 is 5.97 Å². The summed E-state index contributed by atoms with van der Waals surface area (Å²) in [6.45, 7) is 4.45. The Morgan fingerprint density at radius 1 is 0.793 bits per heavy atom. The SMILES string of the molecule is CC(C)(C)OC(=O)C(O)(CC(=O)N1C(=O)CCC1=O)CC(=O)N1C(=O)CCC1=O. The van der Waals surface area contributed by atoms with Crippen LogP contribution in [0.4, 0.5) is 0 Å². The minimum absolute atomic E-state index is 0.189. The fraction of sp³-hybridized carbons (Fsp3) is 0.611. The number of imide groups is 6. The third-order valence-corrected chi connectivity index (χ3v) is 4.27. The van der Waals surface area contributed by atoms with E-state index in [1.54, 1.807) is 0 Å². The maximum Gasteiger partial charge on any atom is 0.339 e. The van der Waals surface area contributed by atoms with Crippen LogP contribution in [-0.4, -0.2) is 67.5 Å². The van der Waals surface area contributed by atoms with Gasteiger partial charge in [-0.2, -0.15) is 0 Å². The summed E-state index contributed by atoms with van der Waals surface area (Å²) in [5, 5.41) is 10.8. The molecule has 2 saturated heterocycles. The molecule has 11 heteroatoms.